The Balaban J connectivity index is 2.90. The van der Waals surface area contributed by atoms with Gasteiger partial charge in [0.1, 0.15) is 17.8 Å². The second-order valence-electron chi connectivity index (χ2n) is 5.00. The first kappa shape index (κ1) is 18.9. The van der Waals surface area contributed by atoms with Crippen molar-refractivity contribution in [3.05, 3.63) is 23.4 Å². The smallest absolute Gasteiger partial charge is 0.351 e. The zero-order chi connectivity index (χ0) is 18.3. The van der Waals surface area contributed by atoms with Crippen LogP contribution in [0.15, 0.2) is 28.4 Å². The summed E-state index contributed by atoms with van der Waals surface area (Å²) in [7, 11) is 0. The number of nitrogens with zero attached hydrogens (tertiary/aromatic N) is 1. The maximum absolute atomic E-state index is 11.0. The number of hydrogen-bond donors (Lipinski definition) is 5. The Bertz CT molecular complexity index is 636. The van der Waals surface area contributed by atoms with Crippen LogP contribution in [0.1, 0.15) is 19.3 Å². The molecule has 0 saturated carbocycles. The summed E-state index contributed by atoms with van der Waals surface area (Å²) in [6.07, 6.45) is 3.53. The van der Waals surface area contributed by atoms with Gasteiger partial charge in [0.15, 0.2) is 0 Å². The lowest BCUT2D eigenvalue weighted by atomic mass is 10.00. The summed E-state index contributed by atoms with van der Waals surface area (Å²) < 4.78 is 0. The predicted molar refractivity (Wildman–Crippen MR) is 81.3 cm³/mol. The maximum atomic E-state index is 11.0. The number of aliphatic imine (C=N–C) groups is 1. The molecule has 0 saturated heterocycles. The second kappa shape index (κ2) is 8.46. The molecular formula is C14H17N3O7. The van der Waals surface area contributed by atoms with E-state index in [0.29, 0.717) is 5.57 Å². The fourth-order valence-corrected chi connectivity index (χ4v) is 1.93. The molecular weight excluding hydrogens is 322 g/mol. The van der Waals surface area contributed by atoms with E-state index in [0.717, 1.165) is 6.21 Å². The lowest BCUT2D eigenvalue weighted by Gasteiger charge is -2.21. The first-order chi connectivity index (χ1) is 11.2. The van der Waals surface area contributed by atoms with E-state index in [4.69, 9.17) is 21.1 Å². The number of carboxylic acids is 3. The van der Waals surface area contributed by atoms with Crippen LogP contribution in [0.25, 0.3) is 0 Å². The van der Waals surface area contributed by atoms with Gasteiger partial charge in [-0.1, -0.05) is 0 Å². The summed E-state index contributed by atoms with van der Waals surface area (Å²) in [6.45, 7) is 0. The fourth-order valence-electron chi connectivity index (χ4n) is 1.93. The van der Waals surface area contributed by atoms with Crippen molar-refractivity contribution in [3.63, 3.8) is 0 Å². The van der Waals surface area contributed by atoms with Crippen LogP contribution in [0.2, 0.25) is 0 Å². The largest absolute Gasteiger partial charge is 0.480 e. The van der Waals surface area contributed by atoms with Crippen LogP contribution in [0.4, 0.5) is 0 Å². The van der Waals surface area contributed by atoms with E-state index in [-0.39, 0.29) is 25.0 Å². The first-order valence-electron chi connectivity index (χ1n) is 6.88. The molecule has 0 aromatic carbocycles. The zero-order valence-corrected chi connectivity index (χ0v) is 12.5. The van der Waals surface area contributed by atoms with Gasteiger partial charge in [0.25, 0.3) is 0 Å². The summed E-state index contributed by atoms with van der Waals surface area (Å²) in [5.41, 5.74) is 5.03. The van der Waals surface area contributed by atoms with Crippen molar-refractivity contribution in [1.29, 1.82) is 0 Å². The molecule has 0 spiro atoms. The lowest BCUT2D eigenvalue weighted by Crippen LogP contribution is -2.41. The molecule has 24 heavy (non-hydrogen) atoms. The Labute approximate surface area is 136 Å². The van der Waals surface area contributed by atoms with Gasteiger partial charge in [-0.15, -0.1) is 0 Å². The van der Waals surface area contributed by atoms with Crippen LogP contribution < -0.4 is 11.1 Å². The highest BCUT2D eigenvalue weighted by Gasteiger charge is 2.26. The average molecular weight is 339 g/mol. The van der Waals surface area contributed by atoms with E-state index < -0.39 is 35.9 Å². The van der Waals surface area contributed by atoms with Gasteiger partial charge in [-0.25, -0.2) is 14.4 Å². The normalized spacial score (nSPS) is 20.2. The highest BCUT2D eigenvalue weighted by Crippen LogP contribution is 2.16. The van der Waals surface area contributed by atoms with Crippen LogP contribution in [0, 0.1) is 0 Å². The van der Waals surface area contributed by atoms with Gasteiger partial charge in [0, 0.05) is 19.1 Å². The van der Waals surface area contributed by atoms with Crippen molar-refractivity contribution in [2.45, 2.75) is 31.3 Å². The van der Waals surface area contributed by atoms with E-state index in [1.54, 1.807) is 0 Å². The number of nitrogens with one attached hydrogen (secondary N) is 1. The number of hydrogen-bond acceptors (Lipinski definition) is 6. The van der Waals surface area contributed by atoms with E-state index in [9.17, 15) is 19.2 Å². The third-order valence-corrected chi connectivity index (χ3v) is 3.13. The van der Waals surface area contributed by atoms with Gasteiger partial charge in [-0.3, -0.25) is 9.79 Å². The highest BCUT2D eigenvalue weighted by atomic mass is 16.4. The number of amides is 1. The molecule has 1 heterocycles. The van der Waals surface area contributed by atoms with Gasteiger partial charge < -0.3 is 26.4 Å². The fraction of sp³-hybridized carbons (Fsp3) is 0.357. The number of carboxylic acid groups (broad SMARTS) is 3. The zero-order valence-electron chi connectivity index (χ0n) is 12.5. The van der Waals surface area contributed by atoms with Crippen LogP contribution in [-0.2, 0) is 19.2 Å². The molecule has 0 unspecified atom stereocenters. The second-order valence-corrected chi connectivity index (χ2v) is 5.00. The molecule has 1 aliphatic heterocycles. The third-order valence-electron chi connectivity index (χ3n) is 3.13. The van der Waals surface area contributed by atoms with Crippen LogP contribution >= 0.6 is 0 Å². The number of rotatable bonds is 8. The van der Waals surface area contributed by atoms with Crippen LogP contribution in [0.3, 0.4) is 0 Å². The third kappa shape index (κ3) is 5.91. The summed E-state index contributed by atoms with van der Waals surface area (Å²) in [6, 6.07) is -2.28. The molecule has 1 rings (SSSR count). The maximum Gasteiger partial charge on any atom is 0.351 e. The number of carbonyl (C=O) groups is 4. The Hall–Kier alpha value is -3.17. The molecule has 10 heteroatoms. The van der Waals surface area contributed by atoms with E-state index in [1.165, 1.54) is 12.2 Å². The standard InChI is InChI=1S/C14H17N3O7/c15-11(18)2-1-8(12(19)20)16-4-3-7-5-9(13(21)22)17-10(6-7)14(23)24/h3-5,8,10,17H,1-2,6H2,(H2,15,18)(H,19,20)(H,21,22)(H,23,24)/b7-3-,16-4?/t8-,10-/m0/s1. The Kier molecular flexibility index (Phi) is 6.65. The van der Waals surface area contributed by atoms with Gasteiger partial charge >= 0.3 is 17.9 Å². The molecule has 130 valence electrons. The van der Waals surface area contributed by atoms with Crippen molar-refractivity contribution in [2.75, 3.05) is 0 Å². The van der Waals surface area contributed by atoms with E-state index >= 15 is 0 Å². The molecule has 1 aliphatic rings. The molecule has 0 aromatic heterocycles. The van der Waals surface area contributed by atoms with Gasteiger partial charge in [-0.2, -0.15) is 0 Å². The van der Waals surface area contributed by atoms with Crippen LogP contribution in [-0.4, -0.2) is 57.4 Å². The molecule has 1 amide bonds. The predicted octanol–water partition coefficient (Wildman–Crippen LogP) is -0.883. The molecule has 6 N–H and O–H groups in total. The van der Waals surface area contributed by atoms with Gasteiger partial charge in [0.05, 0.1) is 0 Å². The molecule has 10 nitrogen and oxygen atoms in total. The number of allylic oxidation sites excluding steroid dienone is 2. The number of primary amides is 1. The average Bonchev–Trinajstić information content (AvgIpc) is 2.49. The Morgan fingerprint density at radius 2 is 2.00 bits per heavy atom. The minimum atomic E-state index is -1.31. The molecule has 2 atom stereocenters. The topological polar surface area (TPSA) is 179 Å². The molecule has 0 radical (unpaired) electrons. The monoisotopic (exact) mass is 339 g/mol. The van der Waals surface area contributed by atoms with Gasteiger partial charge in [-0.05, 0) is 24.1 Å². The molecule has 0 bridgehead atoms. The van der Waals surface area contributed by atoms with Crippen molar-refractivity contribution >= 4 is 30.0 Å². The Morgan fingerprint density at radius 3 is 2.50 bits per heavy atom. The number of nitrogens with two attached hydrogens (primary N) is 1. The van der Waals surface area contributed by atoms with Crippen molar-refractivity contribution in [3.8, 4) is 0 Å². The highest BCUT2D eigenvalue weighted by molar-refractivity contribution is 5.90. The van der Waals surface area contributed by atoms with Crippen molar-refractivity contribution in [1.82, 2.24) is 5.32 Å². The number of carbonyl (C=O) groups excluding carboxylic acids is 1. The van der Waals surface area contributed by atoms with Crippen LogP contribution in [0.5, 0.6) is 0 Å². The summed E-state index contributed by atoms with van der Waals surface area (Å²) in [5.74, 6) is -4.41. The summed E-state index contributed by atoms with van der Waals surface area (Å²) in [5, 5.41) is 29.3. The quantitative estimate of drug-likeness (QED) is 0.353. The molecule has 0 fully saturated rings. The summed E-state index contributed by atoms with van der Waals surface area (Å²) >= 11 is 0. The number of aliphatic carboxylic acids is 3. The minimum Gasteiger partial charge on any atom is -0.480 e. The van der Waals surface area contributed by atoms with Gasteiger partial charge in [0.2, 0.25) is 5.91 Å². The molecule has 0 aliphatic carbocycles. The Morgan fingerprint density at radius 1 is 1.33 bits per heavy atom. The van der Waals surface area contributed by atoms with E-state index in [2.05, 4.69) is 10.3 Å². The SMILES string of the molecule is NC(=O)CC[C@H](N=C/C=C1/C=C(C(=O)O)N[C@H](C(=O)O)C1)C(=O)O. The van der Waals surface area contributed by atoms with Crippen molar-refractivity contribution < 1.29 is 34.5 Å². The first-order valence-corrected chi connectivity index (χ1v) is 6.88. The van der Waals surface area contributed by atoms with E-state index in [1.807, 2.05) is 0 Å². The molecule has 0 aromatic rings. The lowest BCUT2D eigenvalue weighted by molar-refractivity contribution is -0.140. The minimum absolute atomic E-state index is 0.0111. The summed E-state index contributed by atoms with van der Waals surface area (Å²) in [4.78, 5) is 47.5. The van der Waals surface area contributed by atoms with Crippen molar-refractivity contribution in [2.24, 2.45) is 10.7 Å².